The second-order valence-electron chi connectivity index (χ2n) is 6.07. The molecular formula is C20H21N3O. The maximum atomic E-state index is 12.3. The first-order valence-electron chi connectivity index (χ1n) is 7.97. The molecule has 0 saturated heterocycles. The van der Waals surface area contributed by atoms with E-state index in [2.05, 4.69) is 36.2 Å². The third-order valence-electron chi connectivity index (χ3n) is 4.36. The van der Waals surface area contributed by atoms with Crippen LogP contribution in [-0.4, -0.2) is 29.4 Å². The van der Waals surface area contributed by atoms with Crippen LogP contribution in [-0.2, 0) is 4.79 Å². The molecule has 2 aliphatic carbocycles. The lowest BCUT2D eigenvalue weighted by atomic mass is 9.98. The minimum Gasteiger partial charge on any atom is -0.384 e. The summed E-state index contributed by atoms with van der Waals surface area (Å²) in [7, 11) is 1.82. The topological polar surface area (TPSA) is 59.2 Å². The largest absolute Gasteiger partial charge is 0.384 e. The molecule has 24 heavy (non-hydrogen) atoms. The highest BCUT2D eigenvalue weighted by Gasteiger charge is 2.20. The summed E-state index contributed by atoms with van der Waals surface area (Å²) in [6, 6.07) is 3.56. The Morgan fingerprint density at radius 2 is 2.25 bits per heavy atom. The summed E-state index contributed by atoms with van der Waals surface area (Å²) in [4.78, 5) is 18.1. The van der Waals surface area contributed by atoms with Crippen molar-refractivity contribution in [3.63, 3.8) is 0 Å². The minimum atomic E-state index is -0.0347. The molecule has 0 fully saturated rings. The molecule has 1 aromatic rings. The van der Waals surface area contributed by atoms with Gasteiger partial charge in [0.15, 0.2) is 0 Å². The molecule has 122 valence electrons. The van der Waals surface area contributed by atoms with Crippen molar-refractivity contribution in [1.82, 2.24) is 9.88 Å². The van der Waals surface area contributed by atoms with Crippen molar-refractivity contribution >= 4 is 17.8 Å². The Morgan fingerprint density at radius 3 is 2.96 bits per heavy atom. The Bertz CT molecular complexity index is 808. The number of allylic oxidation sites excluding steroid dienone is 6. The van der Waals surface area contributed by atoms with Gasteiger partial charge in [-0.2, -0.15) is 0 Å². The van der Waals surface area contributed by atoms with Crippen LogP contribution in [0.25, 0.3) is 6.08 Å². The molecule has 1 amide bonds. The SMILES string of the molecule is CC1=C2CC=CC=C2C=C1CN(C)C(=O)/C=C/c1ccc(N)nc1. The molecule has 0 aromatic carbocycles. The number of likely N-dealkylation sites (N-methyl/N-ethyl adjacent to an activating group) is 1. The monoisotopic (exact) mass is 319 g/mol. The van der Waals surface area contributed by atoms with Gasteiger partial charge in [-0.25, -0.2) is 4.98 Å². The lowest BCUT2D eigenvalue weighted by Gasteiger charge is -2.17. The lowest BCUT2D eigenvalue weighted by Crippen LogP contribution is -2.27. The van der Waals surface area contributed by atoms with Crippen LogP contribution in [0.5, 0.6) is 0 Å². The van der Waals surface area contributed by atoms with Crippen molar-refractivity contribution in [2.24, 2.45) is 0 Å². The fourth-order valence-electron chi connectivity index (χ4n) is 2.88. The number of nitrogen functional groups attached to an aromatic ring is 1. The zero-order valence-electron chi connectivity index (χ0n) is 14.0. The molecule has 0 radical (unpaired) electrons. The lowest BCUT2D eigenvalue weighted by molar-refractivity contribution is -0.124. The first-order valence-corrected chi connectivity index (χ1v) is 7.97. The molecule has 0 spiro atoms. The number of pyridine rings is 1. The number of carbonyl (C=O) groups excluding carboxylic acids is 1. The van der Waals surface area contributed by atoms with Gasteiger partial charge in [0, 0.05) is 25.9 Å². The van der Waals surface area contributed by atoms with Crippen LogP contribution < -0.4 is 5.73 Å². The number of nitrogens with two attached hydrogens (primary N) is 1. The van der Waals surface area contributed by atoms with Gasteiger partial charge in [-0.15, -0.1) is 0 Å². The van der Waals surface area contributed by atoms with Gasteiger partial charge in [0.2, 0.25) is 5.91 Å². The van der Waals surface area contributed by atoms with Gasteiger partial charge in [-0.1, -0.05) is 18.2 Å². The minimum absolute atomic E-state index is 0.0347. The molecule has 2 N–H and O–H groups in total. The molecule has 1 heterocycles. The number of aromatic nitrogens is 1. The number of anilines is 1. The van der Waals surface area contributed by atoms with Crippen LogP contribution in [0.1, 0.15) is 18.9 Å². The molecule has 0 atom stereocenters. The smallest absolute Gasteiger partial charge is 0.246 e. The third kappa shape index (κ3) is 3.38. The van der Waals surface area contributed by atoms with E-state index >= 15 is 0 Å². The molecule has 0 saturated carbocycles. The van der Waals surface area contributed by atoms with Crippen molar-refractivity contribution in [3.05, 3.63) is 76.6 Å². The molecule has 4 heteroatoms. The highest BCUT2D eigenvalue weighted by molar-refractivity contribution is 5.91. The zero-order valence-corrected chi connectivity index (χ0v) is 14.0. The molecule has 2 aliphatic rings. The first-order chi connectivity index (χ1) is 11.5. The Labute approximate surface area is 142 Å². The fourth-order valence-corrected chi connectivity index (χ4v) is 2.88. The Hall–Kier alpha value is -2.88. The number of hydrogen-bond acceptors (Lipinski definition) is 3. The van der Waals surface area contributed by atoms with Gasteiger partial charge in [-0.3, -0.25) is 4.79 Å². The summed E-state index contributed by atoms with van der Waals surface area (Å²) in [5.41, 5.74) is 11.5. The van der Waals surface area contributed by atoms with Crippen molar-refractivity contribution in [2.45, 2.75) is 13.3 Å². The van der Waals surface area contributed by atoms with Gasteiger partial charge < -0.3 is 10.6 Å². The van der Waals surface area contributed by atoms with E-state index in [1.165, 1.54) is 22.3 Å². The van der Waals surface area contributed by atoms with Crippen molar-refractivity contribution < 1.29 is 4.79 Å². The normalized spacial score (nSPS) is 16.2. The summed E-state index contributed by atoms with van der Waals surface area (Å²) in [5, 5.41) is 0. The third-order valence-corrected chi connectivity index (χ3v) is 4.36. The molecular weight excluding hydrogens is 298 g/mol. The summed E-state index contributed by atoms with van der Waals surface area (Å²) in [6.45, 7) is 2.74. The Morgan fingerprint density at radius 1 is 1.42 bits per heavy atom. The van der Waals surface area contributed by atoms with Crippen molar-refractivity contribution in [1.29, 1.82) is 0 Å². The van der Waals surface area contributed by atoms with Crippen LogP contribution in [0.4, 0.5) is 5.82 Å². The van der Waals surface area contributed by atoms with Crippen LogP contribution in [0.3, 0.4) is 0 Å². The van der Waals surface area contributed by atoms with E-state index in [0.29, 0.717) is 12.4 Å². The van der Waals surface area contributed by atoms with Gasteiger partial charge in [-0.05, 0) is 65.5 Å². The van der Waals surface area contributed by atoms with E-state index in [0.717, 1.165) is 12.0 Å². The summed E-state index contributed by atoms with van der Waals surface area (Å²) in [6.07, 6.45) is 14.5. The van der Waals surface area contributed by atoms with Crippen LogP contribution >= 0.6 is 0 Å². The van der Waals surface area contributed by atoms with E-state index < -0.39 is 0 Å². The maximum absolute atomic E-state index is 12.3. The fraction of sp³-hybridized carbons (Fsp3) is 0.200. The predicted octanol–water partition coefficient (Wildman–Crippen LogP) is 3.28. The molecule has 1 aromatic heterocycles. The van der Waals surface area contributed by atoms with E-state index in [1.54, 1.807) is 29.3 Å². The summed E-state index contributed by atoms with van der Waals surface area (Å²) in [5.74, 6) is 0.435. The second-order valence-corrected chi connectivity index (χ2v) is 6.07. The number of amides is 1. The zero-order chi connectivity index (χ0) is 17.1. The average Bonchev–Trinajstić information content (AvgIpc) is 2.90. The standard InChI is InChI=1S/C20H21N3O/c1-14-17(11-16-5-3-4-6-18(14)16)13-23(2)20(24)10-8-15-7-9-19(21)22-12-15/h3-5,7-12H,6,13H2,1-2H3,(H2,21,22)/b10-8+. The highest BCUT2D eigenvalue weighted by atomic mass is 16.2. The van der Waals surface area contributed by atoms with E-state index in [9.17, 15) is 4.79 Å². The second kappa shape index (κ2) is 6.71. The summed E-state index contributed by atoms with van der Waals surface area (Å²) < 4.78 is 0. The van der Waals surface area contributed by atoms with Crippen LogP contribution in [0, 0.1) is 0 Å². The molecule has 0 bridgehead atoms. The number of hydrogen-bond donors (Lipinski definition) is 1. The quantitative estimate of drug-likeness (QED) is 0.867. The first kappa shape index (κ1) is 16.0. The van der Waals surface area contributed by atoms with Crippen molar-refractivity contribution in [3.8, 4) is 0 Å². The van der Waals surface area contributed by atoms with Crippen LogP contribution in [0.15, 0.2) is 71.0 Å². The van der Waals surface area contributed by atoms with Crippen LogP contribution in [0.2, 0.25) is 0 Å². The van der Waals surface area contributed by atoms with Gasteiger partial charge >= 0.3 is 0 Å². The molecule has 3 rings (SSSR count). The van der Waals surface area contributed by atoms with Gasteiger partial charge in [0.1, 0.15) is 5.82 Å². The molecule has 4 nitrogen and oxygen atoms in total. The number of nitrogens with zero attached hydrogens (tertiary/aromatic N) is 2. The number of fused-ring (bicyclic) bond motifs is 1. The maximum Gasteiger partial charge on any atom is 0.246 e. The Kier molecular flexibility index (Phi) is 4.47. The van der Waals surface area contributed by atoms with E-state index in [1.807, 2.05) is 13.1 Å². The van der Waals surface area contributed by atoms with Gasteiger partial charge in [0.05, 0.1) is 0 Å². The average molecular weight is 319 g/mol. The number of carbonyl (C=O) groups is 1. The van der Waals surface area contributed by atoms with E-state index in [-0.39, 0.29) is 5.91 Å². The number of rotatable bonds is 4. The van der Waals surface area contributed by atoms with E-state index in [4.69, 9.17) is 5.73 Å². The molecule has 0 aliphatic heterocycles. The van der Waals surface area contributed by atoms with Gasteiger partial charge in [0.25, 0.3) is 0 Å². The highest BCUT2D eigenvalue weighted by Crippen LogP contribution is 2.35. The molecule has 0 unspecified atom stereocenters. The Balaban J connectivity index is 1.65. The van der Waals surface area contributed by atoms with Crippen molar-refractivity contribution in [2.75, 3.05) is 19.3 Å². The predicted molar refractivity (Wildman–Crippen MR) is 97.9 cm³/mol. The summed E-state index contributed by atoms with van der Waals surface area (Å²) >= 11 is 0.